The van der Waals surface area contributed by atoms with E-state index in [2.05, 4.69) is 56.7 Å². The van der Waals surface area contributed by atoms with Crippen LogP contribution >= 0.6 is 11.8 Å². The third-order valence-corrected chi connectivity index (χ3v) is 5.47. The van der Waals surface area contributed by atoms with Crippen LogP contribution in [0, 0.1) is 13.8 Å². The van der Waals surface area contributed by atoms with E-state index in [0.29, 0.717) is 0 Å². The summed E-state index contributed by atoms with van der Waals surface area (Å²) in [5.41, 5.74) is 14.4. The molecule has 2 aromatic carbocycles. The van der Waals surface area contributed by atoms with Crippen LogP contribution in [-0.2, 0) is 6.42 Å². The number of anilines is 1. The van der Waals surface area contributed by atoms with Gasteiger partial charge in [-0.25, -0.2) is 0 Å². The van der Waals surface area contributed by atoms with Crippen molar-refractivity contribution in [2.45, 2.75) is 46.0 Å². The quantitative estimate of drug-likeness (QED) is 0.460. The minimum absolute atomic E-state index is 0.858. The van der Waals surface area contributed by atoms with Crippen LogP contribution < -0.4 is 5.73 Å². The highest BCUT2D eigenvalue weighted by atomic mass is 32.2. The van der Waals surface area contributed by atoms with E-state index >= 15 is 0 Å². The molecule has 2 N–H and O–H groups in total. The lowest BCUT2D eigenvalue weighted by molar-refractivity contribution is 1.12. The first-order valence-electron chi connectivity index (χ1n) is 9.15. The van der Waals surface area contributed by atoms with Gasteiger partial charge in [0.1, 0.15) is 0 Å². The Balaban J connectivity index is 0.000000187. The lowest BCUT2D eigenvalue weighted by atomic mass is 9.99. The van der Waals surface area contributed by atoms with Gasteiger partial charge in [-0.15, -0.1) is 11.8 Å². The van der Waals surface area contributed by atoms with E-state index in [9.17, 15) is 0 Å². The molecule has 0 radical (unpaired) electrons. The Hall–Kier alpha value is -1.93. The average molecular weight is 366 g/mol. The van der Waals surface area contributed by atoms with Gasteiger partial charge in [0, 0.05) is 10.6 Å². The minimum Gasteiger partial charge on any atom is -0.399 e. The van der Waals surface area contributed by atoms with Crippen molar-refractivity contribution in [3.63, 3.8) is 0 Å². The lowest BCUT2D eigenvalue weighted by Crippen LogP contribution is -1.96. The summed E-state index contributed by atoms with van der Waals surface area (Å²) >= 11 is 1.71. The Bertz CT molecular complexity index is 783. The van der Waals surface area contributed by atoms with Gasteiger partial charge in [0.25, 0.3) is 0 Å². The van der Waals surface area contributed by atoms with Crippen LogP contribution in [0.25, 0.3) is 4.91 Å². The SMILES string of the molecule is C=C(C)Cc1cc(C)c(N)cc1C.C=C(SC)c1ccc(C2CC2)cc1. The Morgan fingerprint density at radius 3 is 2.19 bits per heavy atom. The van der Waals surface area contributed by atoms with Gasteiger partial charge in [-0.2, -0.15) is 0 Å². The third-order valence-electron chi connectivity index (χ3n) is 4.74. The van der Waals surface area contributed by atoms with Gasteiger partial charge in [0.2, 0.25) is 0 Å². The molecule has 0 spiro atoms. The van der Waals surface area contributed by atoms with Crippen molar-refractivity contribution >= 4 is 22.4 Å². The number of nitrogen functional groups attached to an aromatic ring is 1. The maximum Gasteiger partial charge on any atom is 0.0346 e. The first-order valence-corrected chi connectivity index (χ1v) is 10.4. The molecule has 1 fully saturated rings. The molecule has 2 aromatic rings. The molecule has 3 rings (SSSR count). The normalized spacial score (nSPS) is 12.9. The van der Waals surface area contributed by atoms with Crippen molar-refractivity contribution in [3.8, 4) is 0 Å². The van der Waals surface area contributed by atoms with Crippen LogP contribution in [0.1, 0.15) is 53.5 Å². The third kappa shape index (κ3) is 5.81. The second kappa shape index (κ2) is 9.14. The van der Waals surface area contributed by atoms with E-state index < -0.39 is 0 Å². The zero-order valence-electron chi connectivity index (χ0n) is 16.6. The molecule has 0 saturated heterocycles. The summed E-state index contributed by atoms with van der Waals surface area (Å²) in [7, 11) is 0. The first-order chi connectivity index (χ1) is 12.3. The lowest BCUT2D eigenvalue weighted by Gasteiger charge is -2.09. The Morgan fingerprint density at radius 1 is 1.08 bits per heavy atom. The molecule has 0 aliphatic heterocycles. The predicted octanol–water partition coefficient (Wildman–Crippen LogP) is 6.90. The molecule has 1 saturated carbocycles. The van der Waals surface area contributed by atoms with E-state index in [4.69, 9.17) is 5.73 Å². The summed E-state index contributed by atoms with van der Waals surface area (Å²) in [6.07, 6.45) is 5.77. The van der Waals surface area contributed by atoms with Crippen molar-refractivity contribution in [1.82, 2.24) is 0 Å². The number of rotatable bonds is 5. The van der Waals surface area contributed by atoms with Gasteiger partial charge in [-0.3, -0.25) is 0 Å². The molecular formula is C24H31NS. The van der Waals surface area contributed by atoms with Gasteiger partial charge >= 0.3 is 0 Å². The zero-order chi connectivity index (χ0) is 19.3. The maximum atomic E-state index is 5.80. The van der Waals surface area contributed by atoms with Gasteiger partial charge in [-0.05, 0) is 86.1 Å². The maximum absolute atomic E-state index is 5.80. The Morgan fingerprint density at radius 2 is 1.69 bits per heavy atom. The molecule has 0 bridgehead atoms. The highest BCUT2D eigenvalue weighted by Gasteiger charge is 2.22. The van der Waals surface area contributed by atoms with Gasteiger partial charge in [-0.1, -0.05) is 49.1 Å². The second-order valence-electron chi connectivity index (χ2n) is 7.29. The molecule has 138 valence electrons. The average Bonchev–Trinajstić information content (AvgIpc) is 3.44. The van der Waals surface area contributed by atoms with Crippen LogP contribution in [0.4, 0.5) is 5.69 Å². The fourth-order valence-electron chi connectivity index (χ4n) is 2.89. The van der Waals surface area contributed by atoms with Crippen LogP contribution in [0.15, 0.2) is 55.1 Å². The van der Waals surface area contributed by atoms with Crippen molar-refractivity contribution in [2.24, 2.45) is 0 Å². The van der Waals surface area contributed by atoms with E-state index in [1.54, 1.807) is 11.8 Å². The van der Waals surface area contributed by atoms with E-state index in [-0.39, 0.29) is 0 Å². The Kier molecular flexibility index (Phi) is 7.16. The first kappa shape index (κ1) is 20.4. The van der Waals surface area contributed by atoms with Gasteiger partial charge in [0.05, 0.1) is 0 Å². The fourth-order valence-corrected chi connectivity index (χ4v) is 3.26. The van der Waals surface area contributed by atoms with Crippen LogP contribution in [0.3, 0.4) is 0 Å². The van der Waals surface area contributed by atoms with Crippen molar-refractivity contribution in [2.75, 3.05) is 12.0 Å². The van der Waals surface area contributed by atoms with Crippen molar-refractivity contribution < 1.29 is 0 Å². The van der Waals surface area contributed by atoms with E-state index in [0.717, 1.165) is 28.5 Å². The molecule has 0 heterocycles. The standard InChI is InChI=1S/C12H17N.C12H14S/c1-8(2)5-11-6-10(4)12(13)7-9(11)3;1-9(13-2)10-3-5-11(6-4-10)12-7-8-12/h6-7H,1,5,13H2,2-4H3;3-6,12H,1,7-8H2,2H3. The molecule has 1 aliphatic carbocycles. The minimum atomic E-state index is 0.858. The molecule has 0 amide bonds. The number of allylic oxidation sites excluding steroid dienone is 1. The monoisotopic (exact) mass is 365 g/mol. The predicted molar refractivity (Wildman–Crippen MR) is 120 cm³/mol. The van der Waals surface area contributed by atoms with Crippen molar-refractivity contribution in [3.05, 3.63) is 82.9 Å². The molecule has 1 nitrogen and oxygen atoms in total. The number of hydrogen-bond donors (Lipinski definition) is 1. The van der Waals surface area contributed by atoms with E-state index in [1.807, 2.05) is 19.9 Å². The Labute approximate surface area is 163 Å². The number of nitrogens with two attached hydrogens (primary N) is 1. The van der Waals surface area contributed by atoms with Crippen LogP contribution in [0.2, 0.25) is 0 Å². The fraction of sp³-hybridized carbons (Fsp3) is 0.333. The smallest absolute Gasteiger partial charge is 0.0346 e. The topological polar surface area (TPSA) is 26.0 Å². The molecule has 0 unspecified atom stereocenters. The molecule has 2 heteroatoms. The summed E-state index contributed by atoms with van der Waals surface area (Å²) in [4.78, 5) is 1.15. The molecule has 26 heavy (non-hydrogen) atoms. The zero-order valence-corrected chi connectivity index (χ0v) is 17.4. The highest BCUT2D eigenvalue weighted by molar-refractivity contribution is 8.07. The van der Waals surface area contributed by atoms with E-state index in [1.165, 1.54) is 40.7 Å². The molecular weight excluding hydrogens is 334 g/mol. The summed E-state index contributed by atoms with van der Waals surface area (Å²) in [6.45, 7) is 14.1. The van der Waals surface area contributed by atoms with Gasteiger partial charge in [0.15, 0.2) is 0 Å². The van der Waals surface area contributed by atoms with Gasteiger partial charge < -0.3 is 5.73 Å². The summed E-state index contributed by atoms with van der Waals surface area (Å²) in [6, 6.07) is 13.1. The molecule has 0 aromatic heterocycles. The number of aryl methyl sites for hydroxylation is 2. The highest BCUT2D eigenvalue weighted by Crippen LogP contribution is 2.40. The summed E-state index contributed by atoms with van der Waals surface area (Å²) < 4.78 is 0. The molecule has 1 aliphatic rings. The number of benzene rings is 2. The summed E-state index contributed by atoms with van der Waals surface area (Å²) in [5, 5.41) is 0. The van der Waals surface area contributed by atoms with Crippen LogP contribution in [-0.4, -0.2) is 6.26 Å². The number of hydrogen-bond acceptors (Lipinski definition) is 2. The number of thioether (sulfide) groups is 1. The largest absolute Gasteiger partial charge is 0.399 e. The van der Waals surface area contributed by atoms with Crippen molar-refractivity contribution in [1.29, 1.82) is 0 Å². The second-order valence-corrected chi connectivity index (χ2v) is 8.19. The van der Waals surface area contributed by atoms with Crippen LogP contribution in [0.5, 0.6) is 0 Å². The molecule has 0 atom stereocenters. The summed E-state index contributed by atoms with van der Waals surface area (Å²) in [5.74, 6) is 0.858.